The molecule has 2 atom stereocenters. The lowest BCUT2D eigenvalue weighted by molar-refractivity contribution is -0.385. The highest BCUT2D eigenvalue weighted by molar-refractivity contribution is 7.86. The molecule has 0 saturated carbocycles. The third-order valence-electron chi connectivity index (χ3n) is 6.13. The van der Waals surface area contributed by atoms with Crippen LogP contribution in [0.15, 0.2) is 53.9 Å². The number of hydrogen-bond donors (Lipinski definition) is 1. The van der Waals surface area contributed by atoms with Crippen LogP contribution in [0.25, 0.3) is 0 Å². The number of alkyl carbamates (subject to hydrolysis) is 1. The molecule has 0 bridgehead atoms. The van der Waals surface area contributed by atoms with Crippen molar-refractivity contribution in [2.75, 3.05) is 12.8 Å². The number of nitrogens with one attached hydrogen (secondary N) is 1. The van der Waals surface area contributed by atoms with Gasteiger partial charge in [0.25, 0.3) is 21.5 Å². The Balaban J connectivity index is 1.35. The predicted octanol–water partition coefficient (Wildman–Crippen LogP) is 3.81. The number of benzene rings is 2. The van der Waals surface area contributed by atoms with E-state index in [1.807, 2.05) is 0 Å². The summed E-state index contributed by atoms with van der Waals surface area (Å²) >= 11 is 1.20. The first-order valence-corrected chi connectivity index (χ1v) is 15.2. The molecule has 2 amide bonds. The highest BCUT2D eigenvalue weighted by Crippen LogP contribution is 2.35. The molecule has 1 aliphatic rings. The summed E-state index contributed by atoms with van der Waals surface area (Å²) in [6.07, 6.45) is -1.32. The molecule has 16 nitrogen and oxygen atoms in total. The van der Waals surface area contributed by atoms with Gasteiger partial charge in [-0.1, -0.05) is 0 Å². The molecular formula is C25H25N5O11S2. The summed E-state index contributed by atoms with van der Waals surface area (Å²) in [6.45, 7) is -0.360. The third kappa shape index (κ3) is 8.90. The number of non-ortho nitro benzene ring substituents is 2. The number of rotatable bonds is 11. The lowest BCUT2D eigenvalue weighted by Gasteiger charge is -2.22. The molecule has 3 aromatic rings. The lowest BCUT2D eigenvalue weighted by atomic mass is 10.1. The van der Waals surface area contributed by atoms with Gasteiger partial charge in [-0.05, 0) is 35.4 Å². The second-order valence-corrected chi connectivity index (χ2v) is 11.9. The zero-order valence-electron chi connectivity index (χ0n) is 22.5. The lowest BCUT2D eigenvalue weighted by Crippen LogP contribution is -2.33. The van der Waals surface area contributed by atoms with Crippen LogP contribution in [-0.4, -0.2) is 59.2 Å². The SMILES string of the molecule is CS(=O)(=O)O[C@@H]1C[C@@H](c2csc(CNC(=O)OCc3ccc([N+](=O)[O-])cc3)n2)N(C(=O)OCc2ccc([N+](=O)[O-])cc2)C1. The smallest absolute Gasteiger partial charge is 0.410 e. The average Bonchev–Trinajstić information content (AvgIpc) is 3.60. The van der Waals surface area contributed by atoms with Gasteiger partial charge in [0.05, 0.1) is 47.0 Å². The minimum Gasteiger partial charge on any atom is -0.445 e. The molecular weight excluding hydrogens is 610 g/mol. The summed E-state index contributed by atoms with van der Waals surface area (Å²) < 4.78 is 39.1. The zero-order valence-corrected chi connectivity index (χ0v) is 24.1. The molecule has 4 rings (SSSR count). The van der Waals surface area contributed by atoms with Crippen molar-refractivity contribution >= 4 is 45.0 Å². The number of ether oxygens (including phenoxy) is 2. The maximum absolute atomic E-state index is 13.0. The third-order valence-corrected chi connectivity index (χ3v) is 7.62. The van der Waals surface area contributed by atoms with Crippen molar-refractivity contribution in [3.63, 3.8) is 0 Å². The van der Waals surface area contributed by atoms with Gasteiger partial charge in [0, 0.05) is 36.1 Å². The summed E-state index contributed by atoms with van der Waals surface area (Å²) in [5.41, 5.74) is 1.32. The number of carbonyl (C=O) groups is 2. The number of thiazole rings is 1. The maximum atomic E-state index is 13.0. The average molecular weight is 636 g/mol. The first kappa shape index (κ1) is 31.3. The number of nitro groups is 2. The van der Waals surface area contributed by atoms with Crippen molar-refractivity contribution in [2.24, 2.45) is 0 Å². The minimum absolute atomic E-state index is 0.00431. The Morgan fingerprint density at radius 1 is 1.00 bits per heavy atom. The van der Waals surface area contributed by atoms with E-state index in [0.29, 0.717) is 21.8 Å². The molecule has 0 unspecified atom stereocenters. The van der Waals surface area contributed by atoms with Gasteiger partial charge in [-0.3, -0.25) is 29.3 Å². The summed E-state index contributed by atoms with van der Waals surface area (Å²) in [6, 6.07) is 10.4. The molecule has 0 radical (unpaired) electrons. The summed E-state index contributed by atoms with van der Waals surface area (Å²) in [4.78, 5) is 51.5. The van der Waals surface area contributed by atoms with Crippen molar-refractivity contribution < 1.29 is 41.5 Å². The van der Waals surface area contributed by atoms with Crippen LogP contribution in [0.2, 0.25) is 0 Å². The molecule has 0 aliphatic carbocycles. The maximum Gasteiger partial charge on any atom is 0.410 e. The predicted molar refractivity (Wildman–Crippen MR) is 149 cm³/mol. The number of carbonyl (C=O) groups excluding carboxylic acids is 2. The van der Waals surface area contributed by atoms with Crippen LogP contribution < -0.4 is 5.32 Å². The van der Waals surface area contributed by atoms with Gasteiger partial charge in [-0.15, -0.1) is 11.3 Å². The van der Waals surface area contributed by atoms with E-state index in [2.05, 4.69) is 10.3 Å². The normalized spacial score (nSPS) is 16.4. The van der Waals surface area contributed by atoms with E-state index in [1.54, 1.807) is 5.38 Å². The van der Waals surface area contributed by atoms with E-state index < -0.39 is 44.3 Å². The van der Waals surface area contributed by atoms with Gasteiger partial charge in [-0.25, -0.2) is 14.6 Å². The topological polar surface area (TPSA) is 210 Å². The molecule has 2 aromatic carbocycles. The summed E-state index contributed by atoms with van der Waals surface area (Å²) in [5, 5.41) is 26.3. The van der Waals surface area contributed by atoms with Crippen molar-refractivity contribution in [2.45, 2.75) is 38.3 Å². The van der Waals surface area contributed by atoms with Gasteiger partial charge in [0.15, 0.2) is 0 Å². The van der Waals surface area contributed by atoms with Gasteiger partial charge in [-0.2, -0.15) is 8.42 Å². The molecule has 228 valence electrons. The summed E-state index contributed by atoms with van der Waals surface area (Å²) in [7, 11) is -3.82. The second kappa shape index (κ2) is 13.5. The Labute approximate surface area is 248 Å². The standard InChI is InChI=1S/C25H25N5O11S2/c1-43(37,38)41-20-10-22(28(12-20)25(32)40-14-17-4-8-19(9-5-17)30(35)36)21-15-42-23(27-21)11-26-24(31)39-13-16-2-6-18(7-3-16)29(33)34/h2-9,15,20,22H,10-14H2,1H3,(H,26,31)/t20-,22+/m1/s1. The monoisotopic (exact) mass is 635 g/mol. The van der Waals surface area contributed by atoms with Crippen LogP contribution >= 0.6 is 11.3 Å². The Bertz CT molecular complexity index is 1590. The molecule has 1 N–H and O–H groups in total. The van der Waals surface area contributed by atoms with E-state index >= 15 is 0 Å². The Morgan fingerprint density at radius 2 is 1.56 bits per heavy atom. The number of hydrogen-bond acceptors (Lipinski definition) is 13. The van der Waals surface area contributed by atoms with Gasteiger partial charge in [0.2, 0.25) is 0 Å². The largest absolute Gasteiger partial charge is 0.445 e. The molecule has 1 aliphatic heterocycles. The van der Waals surface area contributed by atoms with E-state index in [9.17, 15) is 38.2 Å². The fourth-order valence-electron chi connectivity index (χ4n) is 4.16. The van der Waals surface area contributed by atoms with E-state index in [4.69, 9.17) is 13.7 Å². The highest BCUT2D eigenvalue weighted by Gasteiger charge is 2.40. The van der Waals surface area contributed by atoms with Gasteiger partial charge >= 0.3 is 12.2 Å². The molecule has 0 spiro atoms. The van der Waals surface area contributed by atoms with Crippen molar-refractivity contribution in [3.8, 4) is 0 Å². The van der Waals surface area contributed by atoms with Crippen molar-refractivity contribution in [3.05, 3.63) is 96.0 Å². The zero-order chi connectivity index (χ0) is 31.1. The number of nitrogens with zero attached hydrogens (tertiary/aromatic N) is 4. The Kier molecular flexibility index (Phi) is 9.84. The van der Waals surface area contributed by atoms with E-state index in [1.165, 1.54) is 64.8 Å². The fourth-order valence-corrected chi connectivity index (χ4v) is 5.57. The van der Waals surface area contributed by atoms with Crippen LogP contribution in [0.3, 0.4) is 0 Å². The molecule has 1 saturated heterocycles. The molecule has 2 heterocycles. The van der Waals surface area contributed by atoms with Crippen LogP contribution in [0, 0.1) is 20.2 Å². The molecule has 1 fully saturated rings. The van der Waals surface area contributed by atoms with Crippen molar-refractivity contribution in [1.29, 1.82) is 0 Å². The highest BCUT2D eigenvalue weighted by atomic mass is 32.2. The van der Waals surface area contributed by atoms with Crippen LogP contribution in [0.5, 0.6) is 0 Å². The quantitative estimate of drug-likeness (QED) is 0.181. The Morgan fingerprint density at radius 3 is 2.09 bits per heavy atom. The Hall–Kier alpha value is -4.68. The van der Waals surface area contributed by atoms with Crippen molar-refractivity contribution in [1.82, 2.24) is 15.2 Å². The molecule has 1 aromatic heterocycles. The first-order valence-electron chi connectivity index (χ1n) is 12.5. The van der Waals surface area contributed by atoms with Gasteiger partial charge in [0.1, 0.15) is 18.2 Å². The summed E-state index contributed by atoms with van der Waals surface area (Å²) in [5.74, 6) is 0. The second-order valence-electron chi connectivity index (χ2n) is 9.32. The van der Waals surface area contributed by atoms with E-state index in [0.717, 1.165) is 6.26 Å². The van der Waals surface area contributed by atoms with Gasteiger partial charge < -0.3 is 14.8 Å². The minimum atomic E-state index is -3.82. The fraction of sp³-hybridized carbons (Fsp3) is 0.320. The number of nitro benzene ring substituents is 2. The molecule has 43 heavy (non-hydrogen) atoms. The van der Waals surface area contributed by atoms with Crippen LogP contribution in [0.4, 0.5) is 21.0 Å². The van der Waals surface area contributed by atoms with E-state index in [-0.39, 0.29) is 44.1 Å². The number of likely N-dealkylation sites (tertiary alicyclic amines) is 1. The van der Waals surface area contributed by atoms with Crippen LogP contribution in [0.1, 0.15) is 34.3 Å². The number of amides is 2. The number of aromatic nitrogens is 1. The van der Waals surface area contributed by atoms with Crippen LogP contribution in [-0.2, 0) is 43.5 Å². The first-order chi connectivity index (χ1) is 20.4. The molecule has 18 heteroatoms.